The van der Waals surface area contributed by atoms with Crippen LogP contribution in [0.25, 0.3) is 59.1 Å². The van der Waals surface area contributed by atoms with Crippen LogP contribution in [0.4, 0.5) is 0 Å². The van der Waals surface area contributed by atoms with Crippen LogP contribution in [0.1, 0.15) is 11.1 Å². The summed E-state index contributed by atoms with van der Waals surface area (Å²) in [7, 11) is 0. The van der Waals surface area contributed by atoms with Crippen LogP contribution in [-0.4, -0.2) is 9.55 Å². The molecule has 0 saturated heterocycles. The number of hydrogen-bond acceptors (Lipinski definition) is 2. The average molecular weight is 455 g/mol. The van der Waals surface area contributed by atoms with Gasteiger partial charge in [0.1, 0.15) is 5.82 Å². The minimum absolute atomic E-state index is 1.000. The lowest BCUT2D eigenvalue weighted by atomic mass is 10.1. The van der Waals surface area contributed by atoms with Crippen molar-refractivity contribution in [3.8, 4) is 17.1 Å². The molecule has 0 aliphatic carbocycles. The smallest absolute Gasteiger partial charge is 0.147 e. The number of imidazole rings is 1. The number of para-hydroxylation sites is 1. The van der Waals surface area contributed by atoms with Crippen LogP contribution in [0.5, 0.6) is 0 Å². The van der Waals surface area contributed by atoms with E-state index < -0.39 is 0 Å². The highest BCUT2D eigenvalue weighted by Crippen LogP contribution is 2.42. The maximum Gasteiger partial charge on any atom is 0.147 e. The number of benzene rings is 5. The van der Waals surface area contributed by atoms with Crippen molar-refractivity contribution >= 4 is 53.3 Å². The van der Waals surface area contributed by atoms with Gasteiger partial charge in [-0.2, -0.15) is 0 Å². The van der Waals surface area contributed by atoms with Gasteiger partial charge in [-0.3, -0.25) is 4.57 Å². The largest absolute Gasteiger partial charge is 0.292 e. The Balaban J connectivity index is 1.65. The fraction of sp³-hybridized carbons (Fsp3) is 0.0645. The van der Waals surface area contributed by atoms with Crippen LogP contribution in [0.3, 0.4) is 0 Å². The fourth-order valence-electron chi connectivity index (χ4n) is 5.25. The van der Waals surface area contributed by atoms with Gasteiger partial charge in [0.25, 0.3) is 0 Å². The monoisotopic (exact) mass is 454 g/mol. The lowest BCUT2D eigenvalue weighted by molar-refractivity contribution is 1.07. The Bertz CT molecular complexity index is 1870. The van der Waals surface area contributed by atoms with E-state index in [4.69, 9.17) is 4.98 Å². The molecular weight excluding hydrogens is 432 g/mol. The summed E-state index contributed by atoms with van der Waals surface area (Å²) in [6, 6.07) is 34.9. The molecule has 7 rings (SSSR count). The van der Waals surface area contributed by atoms with Gasteiger partial charge < -0.3 is 0 Å². The highest BCUT2D eigenvalue weighted by molar-refractivity contribution is 7.26. The molecular formula is C31H22N2S. The number of aryl methyl sites for hydroxylation is 2. The molecule has 34 heavy (non-hydrogen) atoms. The predicted octanol–water partition coefficient (Wildman–Crippen LogP) is 8.83. The van der Waals surface area contributed by atoms with Crippen molar-refractivity contribution in [2.75, 3.05) is 0 Å². The van der Waals surface area contributed by atoms with E-state index in [0.717, 1.165) is 16.9 Å². The summed E-state index contributed by atoms with van der Waals surface area (Å²) in [6.07, 6.45) is 0. The number of nitrogens with zero attached hydrogens (tertiary/aromatic N) is 2. The van der Waals surface area contributed by atoms with Crippen molar-refractivity contribution in [2.24, 2.45) is 0 Å². The molecule has 2 heterocycles. The van der Waals surface area contributed by atoms with Crippen molar-refractivity contribution in [3.05, 3.63) is 108 Å². The predicted molar refractivity (Wildman–Crippen MR) is 146 cm³/mol. The summed E-state index contributed by atoms with van der Waals surface area (Å²) < 4.78 is 4.98. The van der Waals surface area contributed by atoms with Gasteiger partial charge in [-0.05, 0) is 60.0 Å². The molecule has 0 atom stereocenters. The van der Waals surface area contributed by atoms with E-state index in [2.05, 4.69) is 115 Å². The van der Waals surface area contributed by atoms with Crippen molar-refractivity contribution in [3.63, 3.8) is 0 Å². The quantitative estimate of drug-likeness (QED) is 0.255. The van der Waals surface area contributed by atoms with Gasteiger partial charge in [0.2, 0.25) is 0 Å². The molecule has 2 aromatic heterocycles. The van der Waals surface area contributed by atoms with E-state index in [1.54, 1.807) is 0 Å². The minimum atomic E-state index is 1.000. The normalized spacial score (nSPS) is 11.8. The van der Waals surface area contributed by atoms with E-state index >= 15 is 0 Å². The molecule has 5 aromatic carbocycles. The van der Waals surface area contributed by atoms with Gasteiger partial charge >= 0.3 is 0 Å². The Morgan fingerprint density at radius 1 is 0.676 bits per heavy atom. The SMILES string of the molecule is Cc1cccc(C)c1-n1c(-c2cccc3c2sc2ccccc23)nc2cc3ccccc3cc21. The fourth-order valence-corrected chi connectivity index (χ4v) is 6.46. The molecule has 7 aromatic rings. The Labute approximate surface area is 201 Å². The van der Waals surface area contributed by atoms with Crippen molar-refractivity contribution in [2.45, 2.75) is 13.8 Å². The van der Waals surface area contributed by atoms with Gasteiger partial charge in [-0.1, -0.05) is 72.8 Å². The molecule has 0 N–H and O–H groups in total. The van der Waals surface area contributed by atoms with Crippen LogP contribution in [0.2, 0.25) is 0 Å². The zero-order chi connectivity index (χ0) is 22.8. The molecule has 2 nitrogen and oxygen atoms in total. The van der Waals surface area contributed by atoms with Crippen LogP contribution in [0.15, 0.2) is 97.1 Å². The number of rotatable bonds is 2. The third kappa shape index (κ3) is 2.77. The second-order valence-electron chi connectivity index (χ2n) is 8.98. The standard InChI is InChI=1S/C31H22N2S/c1-19-9-7-10-20(2)29(19)33-27-18-22-12-4-3-11-21(22)17-26(27)32-31(33)25-15-8-14-24-23-13-5-6-16-28(23)34-30(24)25/h3-18H,1-2H3. The summed E-state index contributed by atoms with van der Waals surface area (Å²) >= 11 is 1.85. The van der Waals surface area contributed by atoms with Crippen LogP contribution < -0.4 is 0 Å². The summed E-state index contributed by atoms with van der Waals surface area (Å²) in [5.74, 6) is 1.000. The maximum absolute atomic E-state index is 5.28. The number of hydrogen-bond donors (Lipinski definition) is 0. The van der Waals surface area contributed by atoms with Gasteiger partial charge in [-0.15, -0.1) is 11.3 Å². The molecule has 0 fully saturated rings. The Kier molecular flexibility index (Phi) is 4.18. The zero-order valence-electron chi connectivity index (χ0n) is 19.0. The third-order valence-electron chi connectivity index (χ3n) is 6.83. The minimum Gasteiger partial charge on any atom is -0.292 e. The molecule has 0 aliphatic rings. The molecule has 162 valence electrons. The van der Waals surface area contributed by atoms with E-state index in [1.165, 1.54) is 53.3 Å². The Hall–Kier alpha value is -3.95. The highest BCUT2D eigenvalue weighted by atomic mass is 32.1. The molecule has 0 radical (unpaired) electrons. The first-order chi connectivity index (χ1) is 16.7. The second-order valence-corrected chi connectivity index (χ2v) is 10.0. The molecule has 0 unspecified atom stereocenters. The lowest BCUT2D eigenvalue weighted by Crippen LogP contribution is -2.02. The molecule has 0 saturated carbocycles. The summed E-state index contributed by atoms with van der Waals surface area (Å²) in [5.41, 5.74) is 7.06. The summed E-state index contributed by atoms with van der Waals surface area (Å²) in [4.78, 5) is 5.28. The van der Waals surface area contributed by atoms with Gasteiger partial charge in [-0.25, -0.2) is 4.98 Å². The Morgan fingerprint density at radius 3 is 2.18 bits per heavy atom. The van der Waals surface area contributed by atoms with E-state index in [0.29, 0.717) is 0 Å². The van der Waals surface area contributed by atoms with Crippen LogP contribution in [0, 0.1) is 13.8 Å². The van der Waals surface area contributed by atoms with E-state index in [9.17, 15) is 0 Å². The van der Waals surface area contributed by atoms with Crippen LogP contribution in [-0.2, 0) is 0 Å². The highest BCUT2D eigenvalue weighted by Gasteiger charge is 2.20. The van der Waals surface area contributed by atoms with Crippen molar-refractivity contribution in [1.82, 2.24) is 9.55 Å². The topological polar surface area (TPSA) is 17.8 Å². The van der Waals surface area contributed by atoms with Gasteiger partial charge in [0.15, 0.2) is 0 Å². The van der Waals surface area contributed by atoms with Crippen molar-refractivity contribution < 1.29 is 0 Å². The molecule has 0 amide bonds. The second kappa shape index (κ2) is 7.28. The first-order valence-corrected chi connectivity index (χ1v) is 12.4. The molecule has 3 heteroatoms. The summed E-state index contributed by atoms with van der Waals surface area (Å²) in [6.45, 7) is 4.39. The molecule has 0 spiro atoms. The summed E-state index contributed by atoms with van der Waals surface area (Å²) in [5, 5.41) is 5.05. The maximum atomic E-state index is 5.28. The van der Waals surface area contributed by atoms with E-state index in [-0.39, 0.29) is 0 Å². The first-order valence-electron chi connectivity index (χ1n) is 11.6. The number of thiophene rings is 1. The van der Waals surface area contributed by atoms with Crippen LogP contribution >= 0.6 is 11.3 Å². The van der Waals surface area contributed by atoms with Crippen molar-refractivity contribution in [1.29, 1.82) is 0 Å². The Morgan fingerprint density at radius 2 is 1.35 bits per heavy atom. The number of aromatic nitrogens is 2. The molecule has 0 aliphatic heterocycles. The van der Waals surface area contributed by atoms with Gasteiger partial charge in [0, 0.05) is 25.7 Å². The van der Waals surface area contributed by atoms with Gasteiger partial charge in [0.05, 0.1) is 16.7 Å². The lowest BCUT2D eigenvalue weighted by Gasteiger charge is -2.16. The number of fused-ring (bicyclic) bond motifs is 5. The first kappa shape index (κ1) is 19.5. The van der Waals surface area contributed by atoms with E-state index in [1.807, 2.05) is 11.3 Å². The molecule has 0 bridgehead atoms. The zero-order valence-corrected chi connectivity index (χ0v) is 19.9. The average Bonchev–Trinajstić information content (AvgIpc) is 3.41. The third-order valence-corrected chi connectivity index (χ3v) is 8.05.